The minimum atomic E-state index is -0.509. The van der Waals surface area contributed by atoms with E-state index in [0.29, 0.717) is 5.56 Å². The van der Waals surface area contributed by atoms with Crippen molar-refractivity contribution in [2.45, 2.75) is 18.9 Å². The van der Waals surface area contributed by atoms with Gasteiger partial charge in [-0.1, -0.05) is 6.07 Å². The number of benzene rings is 1. The van der Waals surface area contributed by atoms with Gasteiger partial charge in [0.2, 0.25) is 0 Å². The van der Waals surface area contributed by atoms with E-state index in [0.717, 1.165) is 19.4 Å². The van der Waals surface area contributed by atoms with Crippen molar-refractivity contribution in [1.82, 2.24) is 5.32 Å². The highest BCUT2D eigenvalue weighted by atomic mass is 19.1. The molecular formula is C12H14FNO2. The first-order valence-corrected chi connectivity index (χ1v) is 5.33. The number of nitrogens with one attached hydrogen (secondary N) is 1. The Morgan fingerprint density at radius 2 is 2.38 bits per heavy atom. The average molecular weight is 223 g/mol. The number of rotatable bonds is 2. The first kappa shape index (κ1) is 11.1. The molecule has 0 aliphatic carbocycles. The van der Waals surface area contributed by atoms with Crippen LogP contribution in [0.5, 0.6) is 0 Å². The summed E-state index contributed by atoms with van der Waals surface area (Å²) in [7, 11) is 1.28. The van der Waals surface area contributed by atoms with Crippen LogP contribution in [-0.4, -0.2) is 19.6 Å². The lowest BCUT2D eigenvalue weighted by Gasteiger charge is -2.12. The maximum absolute atomic E-state index is 13.8. The van der Waals surface area contributed by atoms with Crippen molar-refractivity contribution in [1.29, 1.82) is 0 Å². The van der Waals surface area contributed by atoms with Gasteiger partial charge >= 0.3 is 5.97 Å². The minimum Gasteiger partial charge on any atom is -0.465 e. The van der Waals surface area contributed by atoms with E-state index >= 15 is 0 Å². The highest BCUT2D eigenvalue weighted by Crippen LogP contribution is 2.25. The minimum absolute atomic E-state index is 0.0756. The average Bonchev–Trinajstić information content (AvgIpc) is 2.81. The van der Waals surface area contributed by atoms with Gasteiger partial charge < -0.3 is 10.1 Å². The molecule has 2 rings (SSSR count). The fraction of sp³-hybridized carbons (Fsp3) is 0.417. The van der Waals surface area contributed by atoms with Crippen molar-refractivity contribution in [3.05, 3.63) is 35.1 Å². The van der Waals surface area contributed by atoms with E-state index < -0.39 is 5.97 Å². The summed E-state index contributed by atoms with van der Waals surface area (Å²) in [6.45, 7) is 0.920. The number of halogens is 1. The van der Waals surface area contributed by atoms with Gasteiger partial charge in [-0.15, -0.1) is 0 Å². The Kier molecular flexibility index (Phi) is 3.19. The molecule has 1 saturated heterocycles. The van der Waals surface area contributed by atoms with Crippen LogP contribution in [0.4, 0.5) is 4.39 Å². The lowest BCUT2D eigenvalue weighted by Crippen LogP contribution is -2.15. The Morgan fingerprint density at radius 3 is 2.94 bits per heavy atom. The molecule has 1 heterocycles. The molecule has 1 N–H and O–H groups in total. The summed E-state index contributed by atoms with van der Waals surface area (Å²) >= 11 is 0. The summed E-state index contributed by atoms with van der Waals surface area (Å²) in [5, 5.41) is 3.22. The first-order valence-electron chi connectivity index (χ1n) is 5.33. The van der Waals surface area contributed by atoms with Crippen LogP contribution < -0.4 is 5.32 Å². The highest BCUT2D eigenvalue weighted by molar-refractivity contribution is 5.89. The van der Waals surface area contributed by atoms with Crippen LogP contribution in [-0.2, 0) is 4.74 Å². The summed E-state index contributed by atoms with van der Waals surface area (Å²) in [5.74, 6) is -0.855. The van der Waals surface area contributed by atoms with E-state index in [1.807, 2.05) is 0 Å². The molecule has 1 fully saturated rings. The van der Waals surface area contributed by atoms with Crippen LogP contribution in [0.2, 0.25) is 0 Å². The van der Waals surface area contributed by atoms with Crippen LogP contribution in [0, 0.1) is 5.82 Å². The van der Waals surface area contributed by atoms with Gasteiger partial charge in [-0.2, -0.15) is 0 Å². The number of hydrogen-bond donors (Lipinski definition) is 1. The van der Waals surface area contributed by atoms with E-state index in [2.05, 4.69) is 10.1 Å². The molecule has 1 aliphatic rings. The first-order chi connectivity index (χ1) is 7.72. The van der Waals surface area contributed by atoms with Crippen LogP contribution in [0.1, 0.15) is 34.8 Å². The number of hydrogen-bond acceptors (Lipinski definition) is 3. The van der Waals surface area contributed by atoms with Gasteiger partial charge in [0.05, 0.1) is 12.7 Å². The monoisotopic (exact) mass is 223 g/mol. The fourth-order valence-corrected chi connectivity index (χ4v) is 2.00. The summed E-state index contributed by atoms with van der Waals surface area (Å²) < 4.78 is 18.3. The second-order valence-electron chi connectivity index (χ2n) is 3.88. The van der Waals surface area contributed by atoms with Crippen molar-refractivity contribution >= 4 is 5.97 Å². The maximum Gasteiger partial charge on any atom is 0.337 e. The molecule has 3 nitrogen and oxygen atoms in total. The summed E-state index contributed by atoms with van der Waals surface area (Å²) in [5.41, 5.74) is 0.881. The Balaban J connectivity index is 2.25. The third-order valence-electron chi connectivity index (χ3n) is 2.86. The van der Waals surface area contributed by atoms with E-state index in [9.17, 15) is 9.18 Å². The van der Waals surface area contributed by atoms with Gasteiger partial charge in [0.15, 0.2) is 0 Å². The number of carbonyl (C=O) groups excluding carboxylic acids is 1. The fourth-order valence-electron chi connectivity index (χ4n) is 2.00. The molecule has 0 aromatic heterocycles. The zero-order valence-corrected chi connectivity index (χ0v) is 9.13. The number of methoxy groups -OCH3 is 1. The van der Waals surface area contributed by atoms with E-state index in [1.54, 1.807) is 12.1 Å². The standard InChI is InChI=1S/C12H14FNO2/c1-16-12(15)8-4-5-9(10(13)7-8)11-3-2-6-14-11/h4-5,7,11,14H,2-3,6H2,1H3. The van der Waals surface area contributed by atoms with Crippen LogP contribution in [0.25, 0.3) is 0 Å². The van der Waals surface area contributed by atoms with Crippen molar-refractivity contribution in [2.24, 2.45) is 0 Å². The van der Waals surface area contributed by atoms with E-state index in [-0.39, 0.29) is 17.4 Å². The van der Waals surface area contributed by atoms with Gasteiger partial charge in [-0.3, -0.25) is 0 Å². The molecule has 1 aromatic carbocycles. The molecule has 0 bridgehead atoms. The zero-order valence-electron chi connectivity index (χ0n) is 9.13. The molecule has 0 radical (unpaired) electrons. The molecular weight excluding hydrogens is 209 g/mol. The van der Waals surface area contributed by atoms with Gasteiger partial charge in [0.1, 0.15) is 5.82 Å². The van der Waals surface area contributed by atoms with Gasteiger partial charge in [0, 0.05) is 11.6 Å². The molecule has 1 aromatic rings. The summed E-state index contributed by atoms with van der Waals surface area (Å²) in [6, 6.07) is 4.57. The Morgan fingerprint density at radius 1 is 1.56 bits per heavy atom. The SMILES string of the molecule is COC(=O)c1ccc(C2CCCN2)c(F)c1. The Bertz CT molecular complexity index is 400. The van der Waals surface area contributed by atoms with E-state index in [4.69, 9.17) is 0 Å². The van der Waals surface area contributed by atoms with Crippen molar-refractivity contribution < 1.29 is 13.9 Å². The highest BCUT2D eigenvalue weighted by Gasteiger charge is 2.20. The molecule has 16 heavy (non-hydrogen) atoms. The van der Waals surface area contributed by atoms with Crippen LogP contribution >= 0.6 is 0 Å². The van der Waals surface area contributed by atoms with Gasteiger partial charge in [0.25, 0.3) is 0 Å². The third kappa shape index (κ3) is 2.07. The maximum atomic E-state index is 13.8. The van der Waals surface area contributed by atoms with Crippen LogP contribution in [0.3, 0.4) is 0 Å². The largest absolute Gasteiger partial charge is 0.465 e. The van der Waals surface area contributed by atoms with Crippen molar-refractivity contribution in [2.75, 3.05) is 13.7 Å². The Hall–Kier alpha value is -1.42. The number of esters is 1. The molecule has 0 amide bonds. The molecule has 1 unspecified atom stereocenters. The summed E-state index contributed by atoms with van der Waals surface area (Å²) in [4.78, 5) is 11.2. The number of ether oxygens (including phenoxy) is 1. The van der Waals surface area contributed by atoms with Crippen molar-refractivity contribution in [3.8, 4) is 0 Å². The van der Waals surface area contributed by atoms with E-state index in [1.165, 1.54) is 13.2 Å². The predicted molar refractivity (Wildman–Crippen MR) is 57.7 cm³/mol. The summed E-state index contributed by atoms with van der Waals surface area (Å²) in [6.07, 6.45) is 2.00. The van der Waals surface area contributed by atoms with Gasteiger partial charge in [-0.05, 0) is 31.5 Å². The third-order valence-corrected chi connectivity index (χ3v) is 2.86. The van der Waals surface area contributed by atoms with Gasteiger partial charge in [-0.25, -0.2) is 9.18 Å². The molecule has 0 saturated carbocycles. The zero-order chi connectivity index (χ0) is 11.5. The molecule has 4 heteroatoms. The molecule has 1 atom stereocenters. The smallest absolute Gasteiger partial charge is 0.337 e. The lowest BCUT2D eigenvalue weighted by molar-refractivity contribution is 0.0600. The van der Waals surface area contributed by atoms with Crippen molar-refractivity contribution in [3.63, 3.8) is 0 Å². The molecule has 86 valence electrons. The molecule has 1 aliphatic heterocycles. The topological polar surface area (TPSA) is 38.3 Å². The lowest BCUT2D eigenvalue weighted by atomic mass is 10.0. The molecule has 0 spiro atoms. The Labute approximate surface area is 93.6 Å². The van der Waals surface area contributed by atoms with Crippen LogP contribution in [0.15, 0.2) is 18.2 Å². The second-order valence-corrected chi connectivity index (χ2v) is 3.88. The second kappa shape index (κ2) is 4.61. The predicted octanol–water partition coefficient (Wildman–Crippen LogP) is 2.04. The quantitative estimate of drug-likeness (QED) is 0.780. The number of carbonyl (C=O) groups is 1. The normalized spacial score (nSPS) is 19.8.